The Kier molecular flexibility index (Phi) is 4.46. The number of halogens is 1. The summed E-state index contributed by atoms with van der Waals surface area (Å²) in [7, 11) is 0. The van der Waals surface area contributed by atoms with Gasteiger partial charge in [-0.2, -0.15) is 0 Å². The Hall–Kier alpha value is -2.50. The second-order valence-electron chi connectivity index (χ2n) is 6.05. The highest BCUT2D eigenvalue weighted by Crippen LogP contribution is 2.21. The number of piperazine rings is 1. The number of anilines is 1. The Morgan fingerprint density at radius 2 is 1.58 bits per heavy atom. The number of carbonyl (C=O) groups excluding carboxylic acids is 1. The van der Waals surface area contributed by atoms with Crippen molar-refractivity contribution in [2.75, 3.05) is 31.1 Å². The number of para-hydroxylation sites is 1. The Labute approximate surface area is 141 Å². The molecule has 0 bridgehead atoms. The third kappa shape index (κ3) is 3.09. The minimum absolute atomic E-state index is 0.0433. The molecular formula is C18H21FN4O. The first-order valence-electron chi connectivity index (χ1n) is 8.08. The zero-order valence-corrected chi connectivity index (χ0v) is 14.2. The molecule has 0 N–H and O–H groups in total. The third-order valence-electron chi connectivity index (χ3n) is 4.36. The van der Waals surface area contributed by atoms with Crippen molar-refractivity contribution in [2.45, 2.75) is 20.8 Å². The quantitative estimate of drug-likeness (QED) is 0.850. The zero-order chi connectivity index (χ0) is 17.3. The van der Waals surface area contributed by atoms with Gasteiger partial charge in [-0.3, -0.25) is 4.79 Å². The van der Waals surface area contributed by atoms with Crippen molar-refractivity contribution in [3.05, 3.63) is 52.9 Å². The fourth-order valence-corrected chi connectivity index (χ4v) is 3.21. The molecule has 1 fully saturated rings. The lowest BCUT2D eigenvalue weighted by molar-refractivity contribution is 0.0744. The Morgan fingerprint density at radius 3 is 2.17 bits per heavy atom. The lowest BCUT2D eigenvalue weighted by Gasteiger charge is -2.36. The summed E-state index contributed by atoms with van der Waals surface area (Å²) >= 11 is 0. The molecule has 6 heteroatoms. The minimum Gasteiger partial charge on any atom is -0.366 e. The van der Waals surface area contributed by atoms with Crippen molar-refractivity contribution in [2.24, 2.45) is 0 Å². The van der Waals surface area contributed by atoms with E-state index in [1.165, 1.54) is 6.07 Å². The number of hydrogen-bond acceptors (Lipinski definition) is 4. The van der Waals surface area contributed by atoms with Crippen molar-refractivity contribution in [3.8, 4) is 0 Å². The summed E-state index contributed by atoms with van der Waals surface area (Å²) in [6, 6.07) is 6.74. The van der Waals surface area contributed by atoms with Crippen molar-refractivity contribution in [3.63, 3.8) is 0 Å². The molecule has 0 atom stereocenters. The number of aromatic nitrogens is 2. The van der Waals surface area contributed by atoms with Crippen LogP contribution in [-0.2, 0) is 0 Å². The molecule has 24 heavy (non-hydrogen) atoms. The van der Waals surface area contributed by atoms with Gasteiger partial charge in [0.1, 0.15) is 11.6 Å². The van der Waals surface area contributed by atoms with Crippen LogP contribution in [0.15, 0.2) is 24.3 Å². The van der Waals surface area contributed by atoms with Gasteiger partial charge in [-0.05, 0) is 32.9 Å². The summed E-state index contributed by atoms with van der Waals surface area (Å²) in [6.07, 6.45) is 0. The van der Waals surface area contributed by atoms with E-state index >= 15 is 0 Å². The topological polar surface area (TPSA) is 49.3 Å². The van der Waals surface area contributed by atoms with Crippen molar-refractivity contribution in [1.82, 2.24) is 14.9 Å². The monoisotopic (exact) mass is 328 g/mol. The maximum atomic E-state index is 13.9. The number of aryl methyl sites for hydroxylation is 3. The lowest BCUT2D eigenvalue weighted by Crippen LogP contribution is -2.49. The van der Waals surface area contributed by atoms with E-state index in [4.69, 9.17) is 0 Å². The van der Waals surface area contributed by atoms with Gasteiger partial charge in [0.25, 0.3) is 5.91 Å². The van der Waals surface area contributed by atoms with E-state index in [-0.39, 0.29) is 11.7 Å². The van der Waals surface area contributed by atoms with Gasteiger partial charge >= 0.3 is 0 Å². The van der Waals surface area contributed by atoms with Gasteiger partial charge in [-0.25, -0.2) is 14.4 Å². The second-order valence-corrected chi connectivity index (χ2v) is 6.05. The summed E-state index contributed by atoms with van der Waals surface area (Å²) in [4.78, 5) is 25.2. The van der Waals surface area contributed by atoms with Crippen LogP contribution in [0.4, 0.5) is 10.1 Å². The molecule has 1 aliphatic heterocycles. The van der Waals surface area contributed by atoms with Crippen LogP contribution in [0, 0.1) is 26.6 Å². The van der Waals surface area contributed by atoms with Crippen LogP contribution in [0.5, 0.6) is 0 Å². The van der Waals surface area contributed by atoms with Crippen molar-refractivity contribution in [1.29, 1.82) is 0 Å². The predicted octanol–water partition coefficient (Wildman–Crippen LogP) is 2.50. The van der Waals surface area contributed by atoms with Gasteiger partial charge in [0.05, 0.1) is 22.6 Å². The molecule has 3 rings (SSSR count). The number of amides is 1. The van der Waals surface area contributed by atoms with Gasteiger partial charge in [0.15, 0.2) is 0 Å². The van der Waals surface area contributed by atoms with E-state index in [1.54, 1.807) is 17.0 Å². The molecule has 0 unspecified atom stereocenters. The van der Waals surface area contributed by atoms with Gasteiger partial charge in [0, 0.05) is 26.2 Å². The van der Waals surface area contributed by atoms with Gasteiger partial charge in [0.2, 0.25) is 0 Å². The Morgan fingerprint density at radius 1 is 1.00 bits per heavy atom. The summed E-state index contributed by atoms with van der Waals surface area (Å²) in [5, 5.41) is 0. The molecule has 5 nitrogen and oxygen atoms in total. The standard InChI is InChI=1S/C18H21FN4O/c1-12-17(13(2)21-14(3)20-12)18(24)23-10-8-22(9-11-23)16-7-5-4-6-15(16)19/h4-7H,8-11H2,1-3H3. The maximum absolute atomic E-state index is 13.9. The van der Waals surface area contributed by atoms with Gasteiger partial charge in [-0.15, -0.1) is 0 Å². The van der Waals surface area contributed by atoms with E-state index < -0.39 is 0 Å². The molecule has 1 aliphatic rings. The van der Waals surface area contributed by atoms with E-state index in [0.29, 0.717) is 54.6 Å². The van der Waals surface area contributed by atoms with E-state index in [2.05, 4.69) is 9.97 Å². The highest BCUT2D eigenvalue weighted by atomic mass is 19.1. The fourth-order valence-electron chi connectivity index (χ4n) is 3.21. The molecule has 1 amide bonds. The summed E-state index contributed by atoms with van der Waals surface area (Å²) < 4.78 is 13.9. The molecule has 1 aromatic carbocycles. The average Bonchev–Trinajstić information content (AvgIpc) is 2.54. The average molecular weight is 328 g/mol. The SMILES string of the molecule is Cc1nc(C)c(C(=O)N2CCN(c3ccccc3F)CC2)c(C)n1. The van der Waals surface area contributed by atoms with Crippen LogP contribution in [0.1, 0.15) is 27.6 Å². The molecule has 0 spiro atoms. The number of rotatable bonds is 2. The van der Waals surface area contributed by atoms with Crippen LogP contribution < -0.4 is 4.90 Å². The van der Waals surface area contributed by atoms with Crippen LogP contribution in [0.25, 0.3) is 0 Å². The molecular weight excluding hydrogens is 307 g/mol. The first-order valence-corrected chi connectivity index (χ1v) is 8.08. The van der Waals surface area contributed by atoms with E-state index in [0.717, 1.165) is 0 Å². The number of nitrogens with zero attached hydrogens (tertiary/aromatic N) is 4. The molecule has 2 aromatic rings. The molecule has 1 aromatic heterocycles. The van der Waals surface area contributed by atoms with Crippen LogP contribution in [-0.4, -0.2) is 47.0 Å². The molecule has 2 heterocycles. The predicted molar refractivity (Wildman–Crippen MR) is 90.8 cm³/mol. The van der Waals surface area contributed by atoms with E-state index in [9.17, 15) is 9.18 Å². The summed E-state index contributed by atoms with van der Waals surface area (Å²) in [5.41, 5.74) is 2.60. The van der Waals surface area contributed by atoms with Crippen LogP contribution in [0.2, 0.25) is 0 Å². The Bertz CT molecular complexity index is 746. The van der Waals surface area contributed by atoms with E-state index in [1.807, 2.05) is 31.7 Å². The van der Waals surface area contributed by atoms with Crippen LogP contribution in [0.3, 0.4) is 0 Å². The van der Waals surface area contributed by atoms with Crippen molar-refractivity contribution >= 4 is 11.6 Å². The first kappa shape index (κ1) is 16.4. The largest absolute Gasteiger partial charge is 0.366 e. The molecule has 126 valence electrons. The molecule has 0 saturated carbocycles. The smallest absolute Gasteiger partial charge is 0.257 e. The first-order chi connectivity index (χ1) is 11.5. The number of benzene rings is 1. The second kappa shape index (κ2) is 6.55. The Balaban J connectivity index is 1.73. The van der Waals surface area contributed by atoms with Gasteiger partial charge < -0.3 is 9.80 Å². The molecule has 0 radical (unpaired) electrons. The molecule has 0 aliphatic carbocycles. The minimum atomic E-state index is -0.226. The number of carbonyl (C=O) groups is 1. The summed E-state index contributed by atoms with van der Waals surface area (Å²) in [6.45, 7) is 7.82. The highest BCUT2D eigenvalue weighted by Gasteiger charge is 2.26. The third-order valence-corrected chi connectivity index (χ3v) is 4.36. The zero-order valence-electron chi connectivity index (χ0n) is 14.2. The fraction of sp³-hybridized carbons (Fsp3) is 0.389. The maximum Gasteiger partial charge on any atom is 0.257 e. The van der Waals surface area contributed by atoms with Gasteiger partial charge in [-0.1, -0.05) is 12.1 Å². The highest BCUT2D eigenvalue weighted by molar-refractivity contribution is 5.96. The number of hydrogen-bond donors (Lipinski definition) is 0. The lowest BCUT2D eigenvalue weighted by atomic mass is 10.1. The van der Waals surface area contributed by atoms with Crippen LogP contribution >= 0.6 is 0 Å². The van der Waals surface area contributed by atoms with Crippen molar-refractivity contribution < 1.29 is 9.18 Å². The normalized spacial score (nSPS) is 14.8. The molecule has 1 saturated heterocycles. The summed E-state index contributed by atoms with van der Waals surface area (Å²) in [5.74, 6) is 0.403.